The molecule has 0 aliphatic rings. The van der Waals surface area contributed by atoms with E-state index in [4.69, 9.17) is 5.84 Å². The molecule has 5 nitrogen and oxygen atoms in total. The number of hydrazine groups is 1. The van der Waals surface area contributed by atoms with E-state index in [1.807, 2.05) is 6.92 Å². The summed E-state index contributed by atoms with van der Waals surface area (Å²) in [4.78, 5) is 0. The quantitative estimate of drug-likeness (QED) is 0.529. The fourth-order valence-corrected chi connectivity index (χ4v) is 1.65. The van der Waals surface area contributed by atoms with E-state index < -0.39 is 0 Å². The second-order valence-electron chi connectivity index (χ2n) is 3.50. The predicted octanol–water partition coefficient (Wildman–Crippen LogP) is 0.805. The van der Waals surface area contributed by atoms with Crippen LogP contribution in [0.15, 0.2) is 24.4 Å². The van der Waals surface area contributed by atoms with Crippen molar-refractivity contribution in [2.45, 2.75) is 13.0 Å². The van der Waals surface area contributed by atoms with E-state index in [9.17, 15) is 4.39 Å². The van der Waals surface area contributed by atoms with Gasteiger partial charge in [-0.3, -0.25) is 5.84 Å². The van der Waals surface area contributed by atoms with Crippen LogP contribution in [0.5, 0.6) is 0 Å². The van der Waals surface area contributed by atoms with Crippen molar-refractivity contribution < 1.29 is 4.39 Å². The van der Waals surface area contributed by atoms with Crippen LogP contribution in [0.2, 0.25) is 0 Å². The number of aromatic amines is 1. The Bertz CT molecular complexity index is 468. The topological polar surface area (TPSA) is 79.6 Å². The van der Waals surface area contributed by atoms with Crippen LogP contribution in [-0.2, 0) is 0 Å². The van der Waals surface area contributed by atoms with Crippen molar-refractivity contribution in [2.75, 3.05) is 0 Å². The summed E-state index contributed by atoms with van der Waals surface area (Å²) in [5, 5.41) is 10.2. The first kappa shape index (κ1) is 10.7. The average molecular weight is 221 g/mol. The Morgan fingerprint density at radius 2 is 2.31 bits per heavy atom. The van der Waals surface area contributed by atoms with Gasteiger partial charge in [-0.15, -0.1) is 0 Å². The number of hydrogen-bond donors (Lipinski definition) is 3. The fourth-order valence-electron chi connectivity index (χ4n) is 1.65. The number of nitrogens with one attached hydrogen (secondary N) is 2. The Balaban J connectivity index is 2.41. The Morgan fingerprint density at radius 1 is 1.50 bits per heavy atom. The Morgan fingerprint density at radius 3 is 2.88 bits per heavy atom. The first-order chi connectivity index (χ1) is 7.72. The van der Waals surface area contributed by atoms with Crippen LogP contribution >= 0.6 is 0 Å². The smallest absolute Gasteiger partial charge is 0.123 e. The van der Waals surface area contributed by atoms with Crippen LogP contribution < -0.4 is 11.3 Å². The van der Waals surface area contributed by atoms with Gasteiger partial charge in [-0.2, -0.15) is 15.4 Å². The van der Waals surface area contributed by atoms with E-state index in [1.54, 1.807) is 12.3 Å². The highest BCUT2D eigenvalue weighted by molar-refractivity contribution is 5.33. The maximum atomic E-state index is 13.0. The third kappa shape index (κ3) is 1.93. The van der Waals surface area contributed by atoms with Crippen molar-refractivity contribution in [2.24, 2.45) is 5.84 Å². The molecular weight excluding hydrogens is 209 g/mol. The normalized spacial score (nSPS) is 12.7. The molecule has 1 aromatic carbocycles. The number of aryl methyl sites for hydroxylation is 1. The minimum Gasteiger partial charge on any atom is -0.271 e. The summed E-state index contributed by atoms with van der Waals surface area (Å²) >= 11 is 0. The van der Waals surface area contributed by atoms with Crippen LogP contribution in [0, 0.1) is 12.7 Å². The van der Waals surface area contributed by atoms with Crippen LogP contribution in [0.3, 0.4) is 0 Å². The molecule has 0 aliphatic heterocycles. The molecule has 2 aromatic rings. The number of H-pyrrole nitrogens is 1. The summed E-state index contributed by atoms with van der Waals surface area (Å²) in [7, 11) is 0. The molecule has 1 atom stereocenters. The van der Waals surface area contributed by atoms with Crippen molar-refractivity contribution in [1.29, 1.82) is 0 Å². The van der Waals surface area contributed by atoms with Gasteiger partial charge in [-0.25, -0.2) is 9.82 Å². The van der Waals surface area contributed by atoms with E-state index in [1.165, 1.54) is 12.1 Å². The maximum absolute atomic E-state index is 13.0. The van der Waals surface area contributed by atoms with Crippen molar-refractivity contribution >= 4 is 0 Å². The molecule has 6 heteroatoms. The summed E-state index contributed by atoms with van der Waals surface area (Å²) in [5.41, 5.74) is 4.98. The molecule has 0 saturated heterocycles. The zero-order valence-corrected chi connectivity index (χ0v) is 8.74. The highest BCUT2D eigenvalue weighted by Gasteiger charge is 2.17. The second kappa shape index (κ2) is 4.38. The molecule has 1 heterocycles. The van der Waals surface area contributed by atoms with Crippen molar-refractivity contribution in [3.8, 4) is 0 Å². The first-order valence-corrected chi connectivity index (χ1v) is 4.80. The molecule has 1 unspecified atom stereocenters. The van der Waals surface area contributed by atoms with Crippen LogP contribution in [0.1, 0.15) is 22.9 Å². The maximum Gasteiger partial charge on any atom is 0.123 e. The van der Waals surface area contributed by atoms with E-state index in [0.29, 0.717) is 5.69 Å². The molecule has 0 spiro atoms. The lowest BCUT2D eigenvalue weighted by atomic mass is 9.99. The number of nitrogens with two attached hydrogens (primary N) is 1. The third-order valence-electron chi connectivity index (χ3n) is 2.44. The lowest BCUT2D eigenvalue weighted by Crippen LogP contribution is -2.29. The minimum atomic E-state index is -0.292. The summed E-state index contributed by atoms with van der Waals surface area (Å²) in [5.74, 6) is 5.21. The monoisotopic (exact) mass is 221 g/mol. The van der Waals surface area contributed by atoms with Crippen LogP contribution in [0.25, 0.3) is 0 Å². The van der Waals surface area contributed by atoms with Gasteiger partial charge in [-0.05, 0) is 30.2 Å². The van der Waals surface area contributed by atoms with Gasteiger partial charge in [0.05, 0.1) is 12.2 Å². The molecule has 0 fully saturated rings. The minimum absolute atomic E-state index is 0.267. The first-order valence-electron chi connectivity index (χ1n) is 4.80. The Labute approximate surface area is 91.8 Å². The number of hydrogen-bond acceptors (Lipinski definition) is 4. The Hall–Kier alpha value is -1.79. The summed E-state index contributed by atoms with van der Waals surface area (Å²) in [6.07, 6.45) is 1.58. The number of aromatic nitrogens is 3. The van der Waals surface area contributed by atoms with E-state index in [2.05, 4.69) is 20.8 Å². The lowest BCUT2D eigenvalue weighted by molar-refractivity contribution is 0.603. The summed E-state index contributed by atoms with van der Waals surface area (Å²) in [6.45, 7) is 1.82. The zero-order valence-electron chi connectivity index (χ0n) is 8.74. The highest BCUT2D eigenvalue weighted by Crippen LogP contribution is 2.22. The molecule has 0 radical (unpaired) electrons. The molecule has 16 heavy (non-hydrogen) atoms. The SMILES string of the molecule is Cc1cc(F)ccc1C(NN)c1cn[nH]n1. The molecule has 4 N–H and O–H groups in total. The summed E-state index contributed by atoms with van der Waals surface area (Å²) in [6, 6.07) is 4.25. The van der Waals surface area contributed by atoms with Gasteiger partial charge in [0.25, 0.3) is 0 Å². The molecular formula is C10H12FN5. The van der Waals surface area contributed by atoms with Gasteiger partial charge < -0.3 is 0 Å². The van der Waals surface area contributed by atoms with Gasteiger partial charge in [0.15, 0.2) is 0 Å². The number of rotatable bonds is 3. The van der Waals surface area contributed by atoms with Crippen LogP contribution in [-0.4, -0.2) is 15.4 Å². The summed E-state index contributed by atoms with van der Waals surface area (Å²) < 4.78 is 13.0. The zero-order chi connectivity index (χ0) is 11.5. The van der Waals surface area contributed by atoms with Crippen molar-refractivity contribution in [3.63, 3.8) is 0 Å². The highest BCUT2D eigenvalue weighted by atomic mass is 19.1. The standard InChI is InChI=1S/C10H12FN5/c1-6-4-7(11)2-3-8(6)10(14-12)9-5-13-16-15-9/h2-5,10,14H,12H2,1H3,(H,13,15,16). The van der Waals surface area contributed by atoms with Gasteiger partial charge in [0.1, 0.15) is 11.5 Å². The molecule has 2 rings (SSSR count). The molecule has 0 amide bonds. The molecule has 0 saturated carbocycles. The number of benzene rings is 1. The van der Waals surface area contributed by atoms with E-state index in [-0.39, 0.29) is 11.9 Å². The van der Waals surface area contributed by atoms with Crippen molar-refractivity contribution in [1.82, 2.24) is 20.8 Å². The van der Waals surface area contributed by atoms with Gasteiger partial charge in [-0.1, -0.05) is 6.07 Å². The number of halogens is 1. The lowest BCUT2D eigenvalue weighted by Gasteiger charge is -2.15. The second-order valence-corrected chi connectivity index (χ2v) is 3.50. The Kier molecular flexibility index (Phi) is 2.93. The van der Waals surface area contributed by atoms with Gasteiger partial charge in [0.2, 0.25) is 0 Å². The van der Waals surface area contributed by atoms with Crippen molar-refractivity contribution in [3.05, 3.63) is 47.0 Å². The largest absolute Gasteiger partial charge is 0.271 e. The van der Waals surface area contributed by atoms with Gasteiger partial charge >= 0.3 is 0 Å². The fraction of sp³-hybridized carbons (Fsp3) is 0.200. The average Bonchev–Trinajstić information content (AvgIpc) is 2.75. The molecule has 84 valence electrons. The predicted molar refractivity (Wildman–Crippen MR) is 56.7 cm³/mol. The van der Waals surface area contributed by atoms with Gasteiger partial charge in [0, 0.05) is 0 Å². The van der Waals surface area contributed by atoms with E-state index >= 15 is 0 Å². The number of nitrogens with zero attached hydrogens (tertiary/aromatic N) is 2. The van der Waals surface area contributed by atoms with Crippen LogP contribution in [0.4, 0.5) is 4.39 Å². The third-order valence-corrected chi connectivity index (χ3v) is 2.44. The molecule has 0 bridgehead atoms. The molecule has 0 aliphatic carbocycles. The molecule has 1 aromatic heterocycles. The van der Waals surface area contributed by atoms with E-state index in [0.717, 1.165) is 11.1 Å².